The van der Waals surface area contributed by atoms with Crippen molar-refractivity contribution in [3.05, 3.63) is 29.8 Å². The minimum absolute atomic E-state index is 0.0960. The zero-order valence-corrected chi connectivity index (χ0v) is 17.1. The summed E-state index contributed by atoms with van der Waals surface area (Å²) >= 11 is 0. The highest BCUT2D eigenvalue weighted by Gasteiger charge is 2.49. The zero-order valence-electron chi connectivity index (χ0n) is 17.1. The van der Waals surface area contributed by atoms with Gasteiger partial charge in [-0.25, -0.2) is 0 Å². The lowest BCUT2D eigenvalue weighted by Gasteiger charge is -2.52. The average molecular weight is 387 g/mol. The number of hydrogen-bond donors (Lipinski definition) is 1. The van der Waals surface area contributed by atoms with Gasteiger partial charge in [0.2, 0.25) is 5.91 Å². The molecule has 0 spiro atoms. The molecule has 2 aliphatic heterocycles. The lowest BCUT2D eigenvalue weighted by atomic mass is 9.66. The van der Waals surface area contributed by atoms with Gasteiger partial charge in [-0.3, -0.25) is 9.69 Å². The summed E-state index contributed by atoms with van der Waals surface area (Å²) in [5.74, 6) is 1.28. The standard InChI is InChI=1S/C23H34N2O3/c1-28-19-10-8-18(9-11-19)22-20-7-3-4-12-23(20,27)13-16-25(22)17-21(26)24-14-5-2-6-15-24/h8-11,20,22,27H,2-7,12-17H2,1H3/t20?,22-,23?/m0/s1. The molecule has 3 atom stereocenters. The third-order valence-electron chi connectivity index (χ3n) is 7.18. The quantitative estimate of drug-likeness (QED) is 0.862. The summed E-state index contributed by atoms with van der Waals surface area (Å²) in [5, 5.41) is 11.4. The van der Waals surface area contributed by atoms with Crippen LogP contribution in [0.2, 0.25) is 0 Å². The summed E-state index contributed by atoms with van der Waals surface area (Å²) < 4.78 is 5.33. The molecule has 2 saturated heterocycles. The lowest BCUT2D eigenvalue weighted by molar-refractivity contribution is -0.145. The third kappa shape index (κ3) is 3.92. The molecule has 2 heterocycles. The van der Waals surface area contributed by atoms with Gasteiger partial charge in [0.1, 0.15) is 5.75 Å². The fourth-order valence-electron chi connectivity index (χ4n) is 5.58. The van der Waals surface area contributed by atoms with Gasteiger partial charge < -0.3 is 14.7 Å². The van der Waals surface area contributed by atoms with Gasteiger partial charge in [0.25, 0.3) is 0 Å². The van der Waals surface area contributed by atoms with Crippen LogP contribution in [0.3, 0.4) is 0 Å². The van der Waals surface area contributed by atoms with E-state index in [1.165, 1.54) is 12.0 Å². The number of aliphatic hydroxyl groups is 1. The van der Waals surface area contributed by atoms with Gasteiger partial charge in [-0.1, -0.05) is 25.0 Å². The zero-order chi connectivity index (χ0) is 19.6. The van der Waals surface area contributed by atoms with E-state index in [2.05, 4.69) is 17.0 Å². The molecule has 2 unspecified atom stereocenters. The second kappa shape index (κ2) is 8.42. The molecule has 1 saturated carbocycles. The van der Waals surface area contributed by atoms with Crippen LogP contribution in [0, 0.1) is 5.92 Å². The first-order valence-electron chi connectivity index (χ1n) is 11.0. The Labute approximate surface area is 168 Å². The van der Waals surface area contributed by atoms with Crippen LogP contribution in [0.25, 0.3) is 0 Å². The fraction of sp³-hybridized carbons (Fsp3) is 0.696. The number of amides is 1. The number of methoxy groups -OCH3 is 1. The first-order chi connectivity index (χ1) is 13.6. The monoisotopic (exact) mass is 386 g/mol. The highest BCUT2D eigenvalue weighted by atomic mass is 16.5. The number of piperidine rings is 2. The minimum atomic E-state index is -0.590. The van der Waals surface area contributed by atoms with Gasteiger partial charge >= 0.3 is 0 Å². The molecule has 1 aromatic carbocycles. The molecular formula is C23H34N2O3. The number of carbonyl (C=O) groups excluding carboxylic acids is 1. The Morgan fingerprint density at radius 3 is 2.54 bits per heavy atom. The van der Waals surface area contributed by atoms with Crippen LogP contribution in [-0.4, -0.2) is 59.7 Å². The molecule has 154 valence electrons. The number of ether oxygens (including phenoxy) is 1. The van der Waals surface area contributed by atoms with E-state index in [0.717, 1.165) is 70.3 Å². The predicted molar refractivity (Wildman–Crippen MR) is 109 cm³/mol. The maximum atomic E-state index is 13.0. The van der Waals surface area contributed by atoms with Gasteiger partial charge in [-0.05, 0) is 56.2 Å². The van der Waals surface area contributed by atoms with E-state index in [1.54, 1.807) is 7.11 Å². The van der Waals surface area contributed by atoms with E-state index >= 15 is 0 Å². The number of hydrogen-bond acceptors (Lipinski definition) is 4. The molecule has 28 heavy (non-hydrogen) atoms. The topological polar surface area (TPSA) is 53.0 Å². The highest BCUT2D eigenvalue weighted by molar-refractivity contribution is 5.78. The summed E-state index contributed by atoms with van der Waals surface area (Å²) in [6.07, 6.45) is 8.43. The first kappa shape index (κ1) is 19.7. The lowest BCUT2D eigenvalue weighted by Crippen LogP contribution is -2.56. The van der Waals surface area contributed by atoms with E-state index < -0.39 is 5.60 Å². The molecule has 5 nitrogen and oxygen atoms in total. The van der Waals surface area contributed by atoms with Crippen molar-refractivity contribution in [3.63, 3.8) is 0 Å². The van der Waals surface area contributed by atoms with Gasteiger partial charge in [0.05, 0.1) is 19.3 Å². The van der Waals surface area contributed by atoms with E-state index in [4.69, 9.17) is 4.74 Å². The molecule has 1 aliphatic carbocycles. The number of fused-ring (bicyclic) bond motifs is 1. The van der Waals surface area contributed by atoms with E-state index in [0.29, 0.717) is 6.54 Å². The summed E-state index contributed by atoms with van der Waals surface area (Å²) in [6.45, 7) is 3.03. The number of rotatable bonds is 4. The Balaban J connectivity index is 1.58. The maximum Gasteiger partial charge on any atom is 0.236 e. The largest absolute Gasteiger partial charge is 0.497 e. The van der Waals surface area contributed by atoms with Crippen molar-refractivity contribution < 1.29 is 14.6 Å². The van der Waals surface area contributed by atoms with Crippen molar-refractivity contribution in [1.82, 2.24) is 9.80 Å². The summed E-state index contributed by atoms with van der Waals surface area (Å²) in [6, 6.07) is 8.32. The molecule has 3 aliphatic rings. The van der Waals surface area contributed by atoms with Crippen LogP contribution in [0.15, 0.2) is 24.3 Å². The Bertz CT molecular complexity index is 671. The van der Waals surface area contributed by atoms with Gasteiger partial charge in [0, 0.05) is 31.6 Å². The van der Waals surface area contributed by atoms with E-state index in [-0.39, 0.29) is 17.9 Å². The van der Waals surface area contributed by atoms with Crippen LogP contribution < -0.4 is 4.74 Å². The molecule has 3 fully saturated rings. The van der Waals surface area contributed by atoms with Crippen molar-refractivity contribution >= 4 is 5.91 Å². The van der Waals surface area contributed by atoms with Crippen molar-refractivity contribution in [2.75, 3.05) is 33.3 Å². The van der Waals surface area contributed by atoms with Crippen LogP contribution in [0.1, 0.15) is 63.0 Å². The van der Waals surface area contributed by atoms with Crippen LogP contribution in [0.5, 0.6) is 5.75 Å². The normalized spacial score (nSPS) is 31.3. The molecule has 1 N–H and O–H groups in total. The minimum Gasteiger partial charge on any atom is -0.497 e. The van der Waals surface area contributed by atoms with Crippen LogP contribution in [-0.2, 0) is 4.79 Å². The molecule has 0 aromatic heterocycles. The number of likely N-dealkylation sites (tertiary alicyclic amines) is 2. The van der Waals surface area contributed by atoms with Gasteiger partial charge in [-0.2, -0.15) is 0 Å². The summed E-state index contributed by atoms with van der Waals surface area (Å²) in [5.41, 5.74) is 0.602. The number of carbonyl (C=O) groups is 1. The smallest absolute Gasteiger partial charge is 0.236 e. The van der Waals surface area contributed by atoms with Gasteiger partial charge in [-0.15, -0.1) is 0 Å². The van der Waals surface area contributed by atoms with Crippen LogP contribution in [0.4, 0.5) is 0 Å². The predicted octanol–water partition coefficient (Wildman–Crippen LogP) is 3.38. The highest BCUT2D eigenvalue weighted by Crippen LogP contribution is 2.49. The Kier molecular flexibility index (Phi) is 5.93. The van der Waals surface area contributed by atoms with Crippen molar-refractivity contribution in [2.45, 2.75) is 63.0 Å². The second-order valence-electron chi connectivity index (χ2n) is 8.84. The molecule has 0 bridgehead atoms. The first-order valence-corrected chi connectivity index (χ1v) is 11.0. The summed E-state index contributed by atoms with van der Waals surface area (Å²) in [4.78, 5) is 17.4. The number of nitrogens with zero attached hydrogens (tertiary/aromatic N) is 2. The molecule has 0 radical (unpaired) electrons. The Hall–Kier alpha value is -1.59. The number of benzene rings is 1. The van der Waals surface area contributed by atoms with E-state index in [9.17, 15) is 9.90 Å². The van der Waals surface area contributed by atoms with Crippen LogP contribution >= 0.6 is 0 Å². The van der Waals surface area contributed by atoms with E-state index in [1.807, 2.05) is 17.0 Å². The SMILES string of the molecule is COc1ccc([C@H]2C3CCCCC3(O)CCN2CC(=O)N2CCCCC2)cc1. The van der Waals surface area contributed by atoms with Crippen molar-refractivity contribution in [2.24, 2.45) is 5.92 Å². The molecule has 1 amide bonds. The maximum absolute atomic E-state index is 13.0. The van der Waals surface area contributed by atoms with Crippen molar-refractivity contribution in [3.8, 4) is 5.75 Å². The average Bonchev–Trinajstić information content (AvgIpc) is 2.74. The third-order valence-corrected chi connectivity index (χ3v) is 7.18. The molecule has 4 rings (SSSR count). The molecule has 1 aromatic rings. The van der Waals surface area contributed by atoms with Crippen molar-refractivity contribution in [1.29, 1.82) is 0 Å². The summed E-state index contributed by atoms with van der Waals surface area (Å²) in [7, 11) is 1.68. The Morgan fingerprint density at radius 2 is 1.82 bits per heavy atom. The second-order valence-corrected chi connectivity index (χ2v) is 8.84. The fourth-order valence-corrected chi connectivity index (χ4v) is 5.58. The molecular weight excluding hydrogens is 352 g/mol. The molecule has 5 heteroatoms. The van der Waals surface area contributed by atoms with Gasteiger partial charge in [0.15, 0.2) is 0 Å². The Morgan fingerprint density at radius 1 is 1.07 bits per heavy atom.